The van der Waals surface area contributed by atoms with E-state index in [1.807, 2.05) is 7.05 Å². The summed E-state index contributed by atoms with van der Waals surface area (Å²) in [6.45, 7) is 0.106. The van der Waals surface area contributed by atoms with E-state index in [0.29, 0.717) is 11.2 Å². The number of amides is 2. The fourth-order valence-corrected chi connectivity index (χ4v) is 2.27. The molecule has 1 aliphatic rings. The van der Waals surface area contributed by atoms with Crippen LogP contribution in [0.25, 0.3) is 0 Å². The van der Waals surface area contributed by atoms with Gasteiger partial charge >= 0.3 is 0 Å². The molecule has 1 fully saturated rings. The average molecular weight is 283 g/mol. The monoisotopic (exact) mass is 283 g/mol. The second-order valence-corrected chi connectivity index (χ2v) is 5.55. The largest absolute Gasteiger partial charge is 0.352 e. The third-order valence-corrected chi connectivity index (χ3v) is 3.76. The van der Waals surface area contributed by atoms with E-state index >= 15 is 0 Å². The minimum Gasteiger partial charge on any atom is -0.352 e. The van der Waals surface area contributed by atoms with Crippen LogP contribution in [0, 0.1) is 0 Å². The smallest absolute Gasteiger partial charge is 0.239 e. The van der Waals surface area contributed by atoms with Crippen LogP contribution in [0.5, 0.6) is 0 Å². The summed E-state index contributed by atoms with van der Waals surface area (Å²) in [5.74, 6) is 0.0562. The number of aromatic nitrogens is 3. The molecule has 0 bridgehead atoms. The van der Waals surface area contributed by atoms with Gasteiger partial charge in [0.15, 0.2) is 5.16 Å². The molecule has 0 radical (unpaired) electrons. The van der Waals surface area contributed by atoms with E-state index in [-0.39, 0.29) is 24.1 Å². The van der Waals surface area contributed by atoms with E-state index in [4.69, 9.17) is 0 Å². The molecule has 104 valence electrons. The zero-order chi connectivity index (χ0) is 13.8. The Morgan fingerprint density at radius 2 is 2.32 bits per heavy atom. The Kier molecular flexibility index (Phi) is 4.41. The number of nitrogens with one attached hydrogen (secondary N) is 1. The third-order valence-electron chi connectivity index (χ3n) is 2.74. The highest BCUT2D eigenvalue weighted by Gasteiger charge is 2.24. The van der Waals surface area contributed by atoms with Crippen LogP contribution in [0.4, 0.5) is 0 Å². The molecule has 1 aromatic rings. The van der Waals surface area contributed by atoms with Gasteiger partial charge in [0.25, 0.3) is 0 Å². The van der Waals surface area contributed by atoms with Gasteiger partial charge in [-0.3, -0.25) is 9.59 Å². The van der Waals surface area contributed by atoms with Crippen LogP contribution in [0.2, 0.25) is 0 Å². The summed E-state index contributed by atoms with van der Waals surface area (Å²) in [5, 5.41) is 11.2. The van der Waals surface area contributed by atoms with Crippen molar-refractivity contribution in [2.75, 3.05) is 19.3 Å². The zero-order valence-corrected chi connectivity index (χ0v) is 11.8. The van der Waals surface area contributed by atoms with Gasteiger partial charge in [-0.05, 0) is 12.8 Å². The van der Waals surface area contributed by atoms with Crippen molar-refractivity contribution in [2.24, 2.45) is 7.05 Å². The lowest BCUT2D eigenvalue weighted by atomic mass is 10.5. The molecule has 2 rings (SSSR count). The van der Waals surface area contributed by atoms with Crippen molar-refractivity contribution in [1.29, 1.82) is 0 Å². The predicted molar refractivity (Wildman–Crippen MR) is 70.5 cm³/mol. The molecular formula is C11H17N5O2S. The average Bonchev–Trinajstić information content (AvgIpc) is 3.07. The number of hydrogen-bond acceptors (Lipinski definition) is 5. The number of likely N-dealkylation sites (N-methyl/N-ethyl adjacent to an activating group) is 1. The van der Waals surface area contributed by atoms with Gasteiger partial charge in [-0.15, -0.1) is 10.2 Å². The first-order valence-corrected chi connectivity index (χ1v) is 7.05. The number of carbonyl (C=O) groups is 2. The fourth-order valence-electron chi connectivity index (χ4n) is 1.44. The number of hydrogen-bond donors (Lipinski definition) is 1. The second kappa shape index (κ2) is 6.05. The van der Waals surface area contributed by atoms with Crippen LogP contribution in [-0.2, 0) is 16.6 Å². The summed E-state index contributed by atoms with van der Waals surface area (Å²) >= 11 is 1.31. The van der Waals surface area contributed by atoms with Gasteiger partial charge in [0.2, 0.25) is 11.8 Å². The summed E-state index contributed by atoms with van der Waals surface area (Å²) in [5.41, 5.74) is 0. The second-order valence-electron chi connectivity index (χ2n) is 4.60. The molecule has 0 atom stereocenters. The molecule has 1 N–H and O–H groups in total. The van der Waals surface area contributed by atoms with Crippen LogP contribution in [-0.4, -0.2) is 56.9 Å². The van der Waals surface area contributed by atoms with Gasteiger partial charge in [0.05, 0.1) is 12.3 Å². The summed E-state index contributed by atoms with van der Waals surface area (Å²) in [4.78, 5) is 24.8. The number of rotatable bonds is 6. The van der Waals surface area contributed by atoms with E-state index in [1.54, 1.807) is 17.9 Å². The minimum atomic E-state index is -0.0982. The molecule has 1 saturated carbocycles. The lowest BCUT2D eigenvalue weighted by Crippen LogP contribution is -2.39. The maximum Gasteiger partial charge on any atom is 0.239 e. The molecule has 19 heavy (non-hydrogen) atoms. The number of nitrogens with zero attached hydrogens (tertiary/aromatic N) is 4. The van der Waals surface area contributed by atoms with Gasteiger partial charge < -0.3 is 14.8 Å². The van der Waals surface area contributed by atoms with Crippen LogP contribution < -0.4 is 5.32 Å². The number of carbonyl (C=O) groups excluding carboxylic acids is 2. The van der Waals surface area contributed by atoms with Crippen molar-refractivity contribution in [1.82, 2.24) is 25.0 Å². The van der Waals surface area contributed by atoms with E-state index in [1.165, 1.54) is 16.7 Å². The first-order chi connectivity index (χ1) is 9.06. The molecule has 1 aromatic heterocycles. The third kappa shape index (κ3) is 4.23. The summed E-state index contributed by atoms with van der Waals surface area (Å²) < 4.78 is 1.75. The lowest BCUT2D eigenvalue weighted by Gasteiger charge is -2.16. The van der Waals surface area contributed by atoms with Crippen molar-refractivity contribution in [2.45, 2.75) is 24.0 Å². The van der Waals surface area contributed by atoms with Gasteiger partial charge in [0.1, 0.15) is 6.33 Å². The minimum absolute atomic E-state index is 0.0954. The Balaban J connectivity index is 1.72. The molecule has 2 amide bonds. The van der Waals surface area contributed by atoms with Crippen molar-refractivity contribution in [3.63, 3.8) is 0 Å². The molecule has 7 nitrogen and oxygen atoms in total. The van der Waals surface area contributed by atoms with Gasteiger partial charge in [-0.2, -0.15) is 0 Å². The maximum absolute atomic E-state index is 11.9. The summed E-state index contributed by atoms with van der Waals surface area (Å²) in [6, 6.07) is 0.323. The van der Waals surface area contributed by atoms with Crippen molar-refractivity contribution >= 4 is 23.6 Å². The Labute approximate surface area is 115 Å². The molecule has 0 aliphatic heterocycles. The van der Waals surface area contributed by atoms with Crippen molar-refractivity contribution < 1.29 is 9.59 Å². The number of thioether (sulfide) groups is 1. The zero-order valence-electron chi connectivity index (χ0n) is 11.0. The normalized spacial score (nSPS) is 14.2. The molecule has 8 heteroatoms. The standard InChI is InChI=1S/C11H17N5O2S/c1-15(5-9(17)13-8-3-4-8)10(18)6-19-11-14-12-7-16(11)2/h7-8H,3-6H2,1-2H3,(H,13,17). The van der Waals surface area contributed by atoms with Gasteiger partial charge in [-0.25, -0.2) is 0 Å². The van der Waals surface area contributed by atoms with Crippen LogP contribution in [0.15, 0.2) is 11.5 Å². The van der Waals surface area contributed by atoms with E-state index in [9.17, 15) is 9.59 Å². The number of aryl methyl sites for hydroxylation is 1. The Morgan fingerprint density at radius 3 is 2.89 bits per heavy atom. The van der Waals surface area contributed by atoms with Gasteiger partial charge in [-0.1, -0.05) is 11.8 Å². The summed E-state index contributed by atoms with van der Waals surface area (Å²) in [7, 11) is 3.45. The molecule has 1 heterocycles. The molecule has 0 saturated heterocycles. The van der Waals surface area contributed by atoms with Crippen LogP contribution in [0.1, 0.15) is 12.8 Å². The molecule has 1 aliphatic carbocycles. The Bertz CT molecular complexity index is 471. The summed E-state index contributed by atoms with van der Waals surface area (Å²) in [6.07, 6.45) is 3.68. The first kappa shape index (κ1) is 13.9. The highest BCUT2D eigenvalue weighted by atomic mass is 32.2. The molecule has 0 unspecified atom stereocenters. The lowest BCUT2D eigenvalue weighted by molar-refractivity contribution is -0.132. The highest BCUT2D eigenvalue weighted by Crippen LogP contribution is 2.18. The highest BCUT2D eigenvalue weighted by molar-refractivity contribution is 7.99. The first-order valence-electron chi connectivity index (χ1n) is 6.06. The van der Waals surface area contributed by atoms with Crippen LogP contribution in [0.3, 0.4) is 0 Å². The van der Waals surface area contributed by atoms with Crippen LogP contribution >= 0.6 is 11.8 Å². The van der Waals surface area contributed by atoms with E-state index in [2.05, 4.69) is 15.5 Å². The Morgan fingerprint density at radius 1 is 1.58 bits per heavy atom. The quantitative estimate of drug-likeness (QED) is 0.721. The molecule has 0 spiro atoms. The van der Waals surface area contributed by atoms with E-state index < -0.39 is 0 Å². The molecular weight excluding hydrogens is 266 g/mol. The molecule has 0 aromatic carbocycles. The fraction of sp³-hybridized carbons (Fsp3) is 0.636. The maximum atomic E-state index is 11.9. The Hall–Kier alpha value is -1.57. The van der Waals surface area contributed by atoms with Crippen molar-refractivity contribution in [3.8, 4) is 0 Å². The van der Waals surface area contributed by atoms with Crippen molar-refractivity contribution in [3.05, 3.63) is 6.33 Å². The van der Waals surface area contributed by atoms with Gasteiger partial charge in [0, 0.05) is 20.1 Å². The van der Waals surface area contributed by atoms with E-state index in [0.717, 1.165) is 12.8 Å². The topological polar surface area (TPSA) is 80.1 Å². The predicted octanol–water partition coefficient (Wildman–Crippen LogP) is -0.356. The SMILES string of the molecule is CN(CC(=O)NC1CC1)C(=O)CSc1nncn1C.